The topological polar surface area (TPSA) is 51.9 Å². The Morgan fingerprint density at radius 2 is 1.91 bits per heavy atom. The van der Waals surface area contributed by atoms with Crippen LogP contribution in [0.15, 0.2) is 54.9 Å². The van der Waals surface area contributed by atoms with Crippen molar-refractivity contribution < 1.29 is 9.47 Å². The number of rotatable bonds is 7. The van der Waals surface area contributed by atoms with Crippen LogP contribution in [0, 0.1) is 0 Å². The van der Waals surface area contributed by atoms with Gasteiger partial charge in [0.2, 0.25) is 5.88 Å². The molecule has 0 saturated carbocycles. The average molecular weight is 431 g/mol. The molecule has 166 valence electrons. The van der Waals surface area contributed by atoms with E-state index in [0.29, 0.717) is 18.4 Å². The average Bonchev–Trinajstić information content (AvgIpc) is 3.21. The molecule has 0 N–H and O–H groups in total. The highest BCUT2D eigenvalue weighted by Crippen LogP contribution is 2.33. The van der Waals surface area contributed by atoms with Crippen LogP contribution in [0.3, 0.4) is 0 Å². The second-order valence-electron chi connectivity index (χ2n) is 8.75. The van der Waals surface area contributed by atoms with Gasteiger partial charge in [-0.15, -0.1) is 0 Å². The van der Waals surface area contributed by atoms with Crippen molar-refractivity contribution >= 4 is 16.7 Å². The minimum Gasteiger partial charge on any atom is -0.478 e. The van der Waals surface area contributed by atoms with Crippen LogP contribution in [-0.4, -0.2) is 59.7 Å². The number of nitrogens with zero attached hydrogens (tertiary/aromatic N) is 4. The fraction of sp³-hybridized carbons (Fsp3) is 0.385. The normalized spacial score (nSPS) is 15.1. The highest BCUT2D eigenvalue weighted by atomic mass is 16.5. The van der Waals surface area contributed by atoms with Gasteiger partial charge in [-0.3, -0.25) is 4.40 Å². The van der Waals surface area contributed by atoms with E-state index < -0.39 is 0 Å². The van der Waals surface area contributed by atoms with Gasteiger partial charge in [-0.1, -0.05) is 12.1 Å². The standard InChI is InChI=1S/C26H30N4O2/c1-29(2)13-4-14-32-25-10-8-20(17-27-25)21-7-9-24-28-23-6-3-5-22(26(23)30(24)18-21)19-11-15-31-16-12-19/h3,5-10,17-19H,4,11-16H2,1-2H3. The van der Waals surface area contributed by atoms with Crippen LogP contribution >= 0.6 is 0 Å². The van der Waals surface area contributed by atoms with Crippen LogP contribution in [0.5, 0.6) is 5.88 Å². The van der Waals surface area contributed by atoms with E-state index in [1.807, 2.05) is 12.3 Å². The lowest BCUT2D eigenvalue weighted by atomic mass is 9.91. The Morgan fingerprint density at radius 3 is 2.69 bits per heavy atom. The SMILES string of the molecule is CN(C)CCCOc1ccc(-c2ccc3nc4cccc(C5CCOCC5)c4n3c2)cn1. The first-order valence-corrected chi connectivity index (χ1v) is 11.4. The molecule has 0 aliphatic carbocycles. The van der Waals surface area contributed by atoms with Gasteiger partial charge in [0, 0.05) is 49.3 Å². The molecule has 1 saturated heterocycles. The molecule has 1 fully saturated rings. The molecule has 0 spiro atoms. The molecule has 1 aliphatic rings. The third-order valence-electron chi connectivity index (χ3n) is 6.18. The first-order valence-electron chi connectivity index (χ1n) is 11.4. The van der Waals surface area contributed by atoms with Crippen LogP contribution in [0.4, 0.5) is 0 Å². The third-order valence-corrected chi connectivity index (χ3v) is 6.18. The van der Waals surface area contributed by atoms with E-state index in [1.165, 1.54) is 11.1 Å². The smallest absolute Gasteiger partial charge is 0.213 e. The Hall–Kier alpha value is -2.96. The predicted molar refractivity (Wildman–Crippen MR) is 127 cm³/mol. The van der Waals surface area contributed by atoms with Gasteiger partial charge in [-0.05, 0) is 69.1 Å². The van der Waals surface area contributed by atoms with Crippen molar-refractivity contribution in [3.63, 3.8) is 0 Å². The second kappa shape index (κ2) is 9.27. The Balaban J connectivity index is 1.43. The molecule has 6 nitrogen and oxygen atoms in total. The predicted octanol–water partition coefficient (Wildman–Crippen LogP) is 4.77. The molecule has 6 heteroatoms. The Morgan fingerprint density at radius 1 is 1.06 bits per heavy atom. The molecule has 32 heavy (non-hydrogen) atoms. The molecule has 5 rings (SSSR count). The summed E-state index contributed by atoms with van der Waals surface area (Å²) in [5.41, 5.74) is 6.78. The fourth-order valence-electron chi connectivity index (χ4n) is 4.49. The van der Waals surface area contributed by atoms with E-state index >= 15 is 0 Å². The molecule has 1 aromatic carbocycles. The maximum absolute atomic E-state index is 5.78. The van der Waals surface area contributed by atoms with Gasteiger partial charge in [0.05, 0.1) is 17.6 Å². The molecule has 0 unspecified atom stereocenters. The molecule has 4 heterocycles. The van der Waals surface area contributed by atoms with Gasteiger partial charge in [0.15, 0.2) is 0 Å². The van der Waals surface area contributed by atoms with Crippen LogP contribution in [0.2, 0.25) is 0 Å². The number of ether oxygens (including phenoxy) is 2. The van der Waals surface area contributed by atoms with Crippen molar-refractivity contribution in [3.8, 4) is 17.0 Å². The fourth-order valence-corrected chi connectivity index (χ4v) is 4.49. The van der Waals surface area contributed by atoms with Crippen molar-refractivity contribution in [1.29, 1.82) is 0 Å². The minimum atomic E-state index is 0.515. The molecule has 1 aliphatic heterocycles. The molecule has 3 aromatic heterocycles. The molecular formula is C26H30N4O2. The Labute approximate surface area is 188 Å². The van der Waals surface area contributed by atoms with E-state index in [0.717, 1.165) is 61.3 Å². The summed E-state index contributed by atoms with van der Waals surface area (Å²) in [7, 11) is 4.14. The summed E-state index contributed by atoms with van der Waals surface area (Å²) >= 11 is 0. The van der Waals surface area contributed by atoms with Crippen LogP contribution in [-0.2, 0) is 4.74 Å². The zero-order valence-corrected chi connectivity index (χ0v) is 18.8. The largest absolute Gasteiger partial charge is 0.478 e. The zero-order chi connectivity index (χ0) is 21.9. The summed E-state index contributed by atoms with van der Waals surface area (Å²) < 4.78 is 13.6. The monoisotopic (exact) mass is 430 g/mol. The van der Waals surface area contributed by atoms with Gasteiger partial charge in [0.1, 0.15) is 5.65 Å². The van der Waals surface area contributed by atoms with Gasteiger partial charge >= 0.3 is 0 Å². The van der Waals surface area contributed by atoms with E-state index in [9.17, 15) is 0 Å². The lowest BCUT2D eigenvalue weighted by molar-refractivity contribution is 0.0855. The van der Waals surface area contributed by atoms with Crippen LogP contribution < -0.4 is 4.74 Å². The summed E-state index contributed by atoms with van der Waals surface area (Å²) in [5.74, 6) is 1.19. The Kier molecular flexibility index (Phi) is 6.06. The highest BCUT2D eigenvalue weighted by Gasteiger charge is 2.20. The van der Waals surface area contributed by atoms with Crippen LogP contribution in [0.25, 0.3) is 27.8 Å². The molecule has 0 amide bonds. The second-order valence-corrected chi connectivity index (χ2v) is 8.75. The summed E-state index contributed by atoms with van der Waals surface area (Å²) in [4.78, 5) is 11.5. The van der Waals surface area contributed by atoms with Crippen molar-refractivity contribution in [2.75, 3.05) is 40.5 Å². The van der Waals surface area contributed by atoms with Gasteiger partial charge in [-0.2, -0.15) is 0 Å². The van der Waals surface area contributed by atoms with Gasteiger partial charge in [0.25, 0.3) is 0 Å². The molecular weight excluding hydrogens is 400 g/mol. The minimum absolute atomic E-state index is 0.515. The van der Waals surface area contributed by atoms with E-state index in [4.69, 9.17) is 14.5 Å². The van der Waals surface area contributed by atoms with Gasteiger partial charge < -0.3 is 14.4 Å². The highest BCUT2D eigenvalue weighted by molar-refractivity contribution is 5.85. The van der Waals surface area contributed by atoms with E-state index in [-0.39, 0.29) is 0 Å². The Bertz CT molecular complexity index is 1190. The van der Waals surface area contributed by atoms with Crippen molar-refractivity contribution in [3.05, 3.63) is 60.4 Å². The van der Waals surface area contributed by atoms with Crippen molar-refractivity contribution in [1.82, 2.24) is 19.3 Å². The van der Waals surface area contributed by atoms with Crippen molar-refractivity contribution in [2.45, 2.75) is 25.2 Å². The van der Waals surface area contributed by atoms with E-state index in [2.05, 4.69) is 71.0 Å². The number of pyridine rings is 2. The summed E-state index contributed by atoms with van der Waals surface area (Å²) in [6.07, 6.45) is 7.18. The number of imidazole rings is 1. The number of para-hydroxylation sites is 1. The number of hydrogen-bond donors (Lipinski definition) is 0. The lowest BCUT2D eigenvalue weighted by Crippen LogP contribution is -2.15. The maximum atomic E-state index is 5.78. The number of aromatic nitrogens is 3. The molecule has 0 radical (unpaired) electrons. The maximum Gasteiger partial charge on any atom is 0.213 e. The zero-order valence-electron chi connectivity index (χ0n) is 18.8. The molecule has 0 atom stereocenters. The number of hydrogen-bond acceptors (Lipinski definition) is 5. The van der Waals surface area contributed by atoms with Gasteiger partial charge in [-0.25, -0.2) is 9.97 Å². The third kappa shape index (κ3) is 4.33. The summed E-state index contributed by atoms with van der Waals surface area (Å²) in [5, 5.41) is 0. The first-order chi connectivity index (χ1) is 15.7. The number of fused-ring (bicyclic) bond motifs is 3. The number of benzene rings is 1. The van der Waals surface area contributed by atoms with E-state index in [1.54, 1.807) is 0 Å². The van der Waals surface area contributed by atoms with Crippen molar-refractivity contribution in [2.24, 2.45) is 0 Å². The lowest BCUT2D eigenvalue weighted by Gasteiger charge is -2.23. The molecule has 4 aromatic rings. The quantitative estimate of drug-likeness (QED) is 0.395. The molecule has 0 bridgehead atoms. The summed E-state index contributed by atoms with van der Waals surface area (Å²) in [6, 6.07) is 14.7. The van der Waals surface area contributed by atoms with Crippen LogP contribution in [0.1, 0.15) is 30.7 Å². The first kappa shape index (κ1) is 20.9. The summed E-state index contributed by atoms with van der Waals surface area (Å²) in [6.45, 7) is 3.34.